The van der Waals surface area contributed by atoms with Crippen molar-refractivity contribution < 1.29 is 0 Å². The lowest BCUT2D eigenvalue weighted by molar-refractivity contribution is 0.939. The quantitative estimate of drug-likeness (QED) is 0.685. The second-order valence-corrected chi connectivity index (χ2v) is 4.22. The molecular formula is C11H7BrN4. The van der Waals surface area contributed by atoms with Gasteiger partial charge in [-0.3, -0.25) is 4.98 Å². The molecule has 0 amide bonds. The molecule has 0 bridgehead atoms. The van der Waals surface area contributed by atoms with Crippen molar-refractivity contribution in [1.29, 1.82) is 0 Å². The predicted octanol–water partition coefficient (Wildman–Crippen LogP) is 2.55. The molecule has 0 saturated heterocycles. The van der Waals surface area contributed by atoms with E-state index in [0.717, 1.165) is 21.4 Å². The minimum atomic E-state index is 0.817. The summed E-state index contributed by atoms with van der Waals surface area (Å²) in [7, 11) is 0. The van der Waals surface area contributed by atoms with Crippen LogP contribution >= 0.6 is 15.9 Å². The summed E-state index contributed by atoms with van der Waals surface area (Å²) >= 11 is 3.36. The molecule has 3 rings (SSSR count). The third-order valence-corrected chi connectivity index (χ3v) is 2.75. The maximum atomic E-state index is 4.33. The van der Waals surface area contributed by atoms with Gasteiger partial charge in [-0.15, -0.1) is 0 Å². The smallest absolute Gasteiger partial charge is 0.164 e. The van der Waals surface area contributed by atoms with E-state index in [0.29, 0.717) is 0 Å². The van der Waals surface area contributed by atoms with Crippen LogP contribution in [0.4, 0.5) is 0 Å². The van der Waals surface area contributed by atoms with Gasteiger partial charge in [-0.05, 0) is 34.1 Å². The molecule has 0 N–H and O–H groups in total. The molecule has 0 fully saturated rings. The molecule has 0 radical (unpaired) electrons. The molecule has 4 nitrogen and oxygen atoms in total. The van der Waals surface area contributed by atoms with Crippen molar-refractivity contribution in [2.75, 3.05) is 0 Å². The lowest BCUT2D eigenvalue weighted by atomic mass is 10.2. The van der Waals surface area contributed by atoms with E-state index in [9.17, 15) is 0 Å². The average molecular weight is 275 g/mol. The first-order chi connectivity index (χ1) is 7.84. The highest BCUT2D eigenvalue weighted by molar-refractivity contribution is 9.10. The highest BCUT2D eigenvalue weighted by Crippen LogP contribution is 2.21. The number of hydrogen-bond donors (Lipinski definition) is 0. The summed E-state index contributed by atoms with van der Waals surface area (Å²) in [6.45, 7) is 0. The van der Waals surface area contributed by atoms with Crippen LogP contribution in [0.1, 0.15) is 0 Å². The van der Waals surface area contributed by atoms with Crippen LogP contribution in [0.3, 0.4) is 0 Å². The SMILES string of the molecule is Brc1ccc(-c2cnn3cccnc23)nc1. The summed E-state index contributed by atoms with van der Waals surface area (Å²) in [5.41, 5.74) is 2.63. The maximum Gasteiger partial charge on any atom is 0.164 e. The van der Waals surface area contributed by atoms with Gasteiger partial charge in [0, 0.05) is 23.1 Å². The van der Waals surface area contributed by atoms with E-state index >= 15 is 0 Å². The van der Waals surface area contributed by atoms with Gasteiger partial charge in [-0.1, -0.05) is 0 Å². The van der Waals surface area contributed by atoms with Crippen LogP contribution in [0, 0.1) is 0 Å². The standard InChI is InChI=1S/C11H7BrN4/c12-8-2-3-10(14-6-8)9-7-15-16-5-1-4-13-11(9)16/h1-7H. The Bertz CT molecular complexity index is 630. The fourth-order valence-electron chi connectivity index (χ4n) is 1.54. The molecule has 0 saturated carbocycles. The predicted molar refractivity (Wildman–Crippen MR) is 63.9 cm³/mol. The Morgan fingerprint density at radius 3 is 2.88 bits per heavy atom. The van der Waals surface area contributed by atoms with Crippen LogP contribution < -0.4 is 0 Å². The summed E-state index contributed by atoms with van der Waals surface area (Å²) in [5, 5.41) is 4.22. The molecule has 0 aliphatic heterocycles. The van der Waals surface area contributed by atoms with E-state index in [1.54, 1.807) is 23.1 Å². The molecule has 0 spiro atoms. The summed E-state index contributed by atoms with van der Waals surface area (Å²) < 4.78 is 2.69. The molecule has 16 heavy (non-hydrogen) atoms. The lowest BCUT2D eigenvalue weighted by Crippen LogP contribution is -1.88. The third kappa shape index (κ3) is 1.49. The van der Waals surface area contributed by atoms with Crippen LogP contribution in [0.15, 0.2) is 47.5 Å². The van der Waals surface area contributed by atoms with Gasteiger partial charge in [0.25, 0.3) is 0 Å². The van der Waals surface area contributed by atoms with Crippen molar-refractivity contribution in [2.24, 2.45) is 0 Å². The monoisotopic (exact) mass is 274 g/mol. The Hall–Kier alpha value is -1.75. The van der Waals surface area contributed by atoms with E-state index in [1.165, 1.54) is 0 Å². The van der Waals surface area contributed by atoms with Crippen molar-refractivity contribution in [3.63, 3.8) is 0 Å². The fourth-order valence-corrected chi connectivity index (χ4v) is 1.78. The number of fused-ring (bicyclic) bond motifs is 1. The number of nitrogens with zero attached hydrogens (tertiary/aromatic N) is 4. The van der Waals surface area contributed by atoms with Gasteiger partial charge in [0.1, 0.15) is 0 Å². The Morgan fingerprint density at radius 1 is 1.12 bits per heavy atom. The van der Waals surface area contributed by atoms with Gasteiger partial charge in [0.15, 0.2) is 5.65 Å². The first-order valence-electron chi connectivity index (χ1n) is 4.75. The summed E-state index contributed by atoms with van der Waals surface area (Å²) in [6.07, 6.45) is 7.16. The normalized spacial score (nSPS) is 10.8. The van der Waals surface area contributed by atoms with E-state index in [1.807, 2.05) is 24.4 Å². The number of aromatic nitrogens is 4. The minimum Gasteiger partial charge on any atom is -0.255 e. The van der Waals surface area contributed by atoms with Crippen LogP contribution in [0.25, 0.3) is 16.9 Å². The first-order valence-corrected chi connectivity index (χ1v) is 5.54. The molecule has 0 atom stereocenters. The number of rotatable bonds is 1. The second kappa shape index (κ2) is 3.68. The van der Waals surface area contributed by atoms with E-state index in [2.05, 4.69) is 31.0 Å². The zero-order valence-corrected chi connectivity index (χ0v) is 9.79. The number of pyridine rings is 1. The summed E-state index contributed by atoms with van der Waals surface area (Å²) in [4.78, 5) is 8.62. The summed E-state index contributed by atoms with van der Waals surface area (Å²) in [6, 6.07) is 5.74. The van der Waals surface area contributed by atoms with Crippen molar-refractivity contribution in [3.05, 3.63) is 47.5 Å². The van der Waals surface area contributed by atoms with Crippen LogP contribution in [-0.4, -0.2) is 19.6 Å². The molecule has 3 aromatic rings. The Labute approximate surface area is 100 Å². The Morgan fingerprint density at radius 2 is 2.06 bits per heavy atom. The van der Waals surface area contributed by atoms with Gasteiger partial charge >= 0.3 is 0 Å². The second-order valence-electron chi connectivity index (χ2n) is 3.31. The minimum absolute atomic E-state index is 0.817. The molecule has 0 aromatic carbocycles. The molecule has 0 aliphatic rings. The molecule has 0 aliphatic carbocycles. The van der Waals surface area contributed by atoms with Crippen molar-refractivity contribution >= 4 is 21.6 Å². The van der Waals surface area contributed by atoms with Gasteiger partial charge < -0.3 is 0 Å². The molecular weight excluding hydrogens is 268 g/mol. The topological polar surface area (TPSA) is 43.1 Å². The highest BCUT2D eigenvalue weighted by Gasteiger charge is 2.07. The Kier molecular flexibility index (Phi) is 2.18. The molecule has 78 valence electrons. The van der Waals surface area contributed by atoms with Gasteiger partial charge in [0.05, 0.1) is 17.5 Å². The maximum absolute atomic E-state index is 4.33. The summed E-state index contributed by atoms with van der Waals surface area (Å²) in [5.74, 6) is 0. The van der Waals surface area contributed by atoms with E-state index in [-0.39, 0.29) is 0 Å². The molecule has 3 heterocycles. The number of hydrogen-bond acceptors (Lipinski definition) is 3. The zero-order chi connectivity index (χ0) is 11.0. The molecule has 5 heteroatoms. The van der Waals surface area contributed by atoms with Crippen molar-refractivity contribution in [1.82, 2.24) is 19.6 Å². The fraction of sp³-hybridized carbons (Fsp3) is 0. The van der Waals surface area contributed by atoms with Crippen molar-refractivity contribution in [3.8, 4) is 11.3 Å². The third-order valence-electron chi connectivity index (χ3n) is 2.28. The zero-order valence-electron chi connectivity index (χ0n) is 8.21. The molecule has 3 aromatic heterocycles. The number of halogens is 1. The van der Waals surface area contributed by atoms with Gasteiger partial charge in [-0.25, -0.2) is 9.50 Å². The van der Waals surface area contributed by atoms with Gasteiger partial charge in [-0.2, -0.15) is 5.10 Å². The van der Waals surface area contributed by atoms with Crippen LogP contribution in [0.2, 0.25) is 0 Å². The average Bonchev–Trinajstić information content (AvgIpc) is 2.74. The van der Waals surface area contributed by atoms with Crippen LogP contribution in [-0.2, 0) is 0 Å². The first kappa shape index (κ1) is 9.47. The van der Waals surface area contributed by atoms with Gasteiger partial charge in [0.2, 0.25) is 0 Å². The lowest BCUT2D eigenvalue weighted by Gasteiger charge is -1.97. The van der Waals surface area contributed by atoms with Crippen LogP contribution in [0.5, 0.6) is 0 Å². The Balaban J connectivity index is 2.22. The highest BCUT2D eigenvalue weighted by atomic mass is 79.9. The van der Waals surface area contributed by atoms with E-state index < -0.39 is 0 Å². The largest absolute Gasteiger partial charge is 0.255 e. The van der Waals surface area contributed by atoms with Crippen molar-refractivity contribution in [2.45, 2.75) is 0 Å². The molecule has 0 unspecified atom stereocenters. The van der Waals surface area contributed by atoms with E-state index in [4.69, 9.17) is 0 Å².